The molecule has 1 N–H and O–H groups in total. The van der Waals surface area contributed by atoms with Crippen LogP contribution in [0.1, 0.15) is 16.8 Å². The summed E-state index contributed by atoms with van der Waals surface area (Å²) in [5, 5.41) is 3.35. The molecule has 2 amide bonds. The lowest BCUT2D eigenvalue weighted by atomic mass is 10.1. The molecular weight excluding hydrogens is 394 g/mol. The maximum absolute atomic E-state index is 12.6. The maximum atomic E-state index is 12.6. The van der Waals surface area contributed by atoms with Crippen LogP contribution in [-0.2, 0) is 4.79 Å². The van der Waals surface area contributed by atoms with E-state index in [1.54, 1.807) is 41.3 Å². The van der Waals surface area contributed by atoms with E-state index in [-0.39, 0.29) is 22.3 Å². The summed E-state index contributed by atoms with van der Waals surface area (Å²) in [6.45, 7) is 0.774. The van der Waals surface area contributed by atoms with Gasteiger partial charge >= 0.3 is 0 Å². The van der Waals surface area contributed by atoms with E-state index >= 15 is 0 Å². The van der Waals surface area contributed by atoms with Crippen LogP contribution in [0.5, 0.6) is 0 Å². The third kappa shape index (κ3) is 4.99. The molecule has 0 aromatic heterocycles. The predicted molar refractivity (Wildman–Crippen MR) is 103 cm³/mol. The minimum absolute atomic E-state index is 0.0229. The Morgan fingerprint density at radius 3 is 2.63 bits per heavy atom. The number of carbonyl (C=O) groups is 2. The Morgan fingerprint density at radius 1 is 1.22 bits per heavy atom. The van der Waals surface area contributed by atoms with Gasteiger partial charge in [0, 0.05) is 41.0 Å². The standard InChI is InChI=1S/C19H17ClF2N2O2S/c20-13-5-7-14(8-6-13)24-11-12(9-17(24)25)10-23-18(26)15-3-1-2-4-16(15)27-19(21)22/h1-8,12,19H,9-11H2,(H,23,26). The Kier molecular flexibility index (Phi) is 6.34. The lowest BCUT2D eigenvalue weighted by Crippen LogP contribution is -2.31. The third-order valence-electron chi connectivity index (χ3n) is 4.24. The van der Waals surface area contributed by atoms with Crippen molar-refractivity contribution in [3.63, 3.8) is 0 Å². The number of anilines is 1. The summed E-state index contributed by atoms with van der Waals surface area (Å²) in [7, 11) is 0. The van der Waals surface area contributed by atoms with E-state index in [0.29, 0.717) is 36.3 Å². The molecule has 0 bridgehead atoms. The van der Waals surface area contributed by atoms with Crippen LogP contribution in [0.4, 0.5) is 14.5 Å². The normalized spacial score (nSPS) is 16.8. The van der Waals surface area contributed by atoms with E-state index in [1.165, 1.54) is 12.1 Å². The molecule has 4 nitrogen and oxygen atoms in total. The number of nitrogens with zero attached hydrogens (tertiary/aromatic N) is 1. The van der Waals surface area contributed by atoms with Gasteiger partial charge in [-0.15, -0.1) is 0 Å². The molecule has 2 aromatic carbocycles. The smallest absolute Gasteiger partial charge is 0.288 e. The molecule has 1 atom stereocenters. The molecule has 1 aliphatic rings. The van der Waals surface area contributed by atoms with Crippen LogP contribution in [0.2, 0.25) is 5.02 Å². The Labute approximate surface area is 164 Å². The molecule has 142 valence electrons. The molecular formula is C19H17ClF2N2O2S. The molecule has 0 saturated carbocycles. The van der Waals surface area contributed by atoms with Crippen molar-refractivity contribution in [3.05, 3.63) is 59.1 Å². The van der Waals surface area contributed by atoms with E-state index in [0.717, 1.165) is 5.69 Å². The number of alkyl halides is 2. The number of amides is 2. The van der Waals surface area contributed by atoms with Gasteiger partial charge in [-0.3, -0.25) is 9.59 Å². The van der Waals surface area contributed by atoms with Gasteiger partial charge in [0.1, 0.15) is 0 Å². The van der Waals surface area contributed by atoms with Gasteiger partial charge < -0.3 is 10.2 Å². The summed E-state index contributed by atoms with van der Waals surface area (Å²) < 4.78 is 25.3. The highest BCUT2D eigenvalue weighted by Gasteiger charge is 2.31. The number of halogens is 3. The van der Waals surface area contributed by atoms with Crippen LogP contribution in [0.3, 0.4) is 0 Å². The molecule has 0 radical (unpaired) electrons. The maximum Gasteiger partial charge on any atom is 0.288 e. The number of benzene rings is 2. The Balaban J connectivity index is 1.60. The van der Waals surface area contributed by atoms with Gasteiger partial charge in [0.2, 0.25) is 5.91 Å². The monoisotopic (exact) mass is 410 g/mol. The molecule has 0 aliphatic carbocycles. The second-order valence-corrected chi connectivity index (χ2v) is 7.60. The largest absolute Gasteiger partial charge is 0.352 e. The zero-order valence-corrected chi connectivity index (χ0v) is 15.8. The molecule has 2 aromatic rings. The molecule has 8 heteroatoms. The lowest BCUT2D eigenvalue weighted by Gasteiger charge is -2.17. The number of carbonyl (C=O) groups excluding carboxylic acids is 2. The lowest BCUT2D eigenvalue weighted by molar-refractivity contribution is -0.117. The molecule has 1 aliphatic heterocycles. The first kappa shape index (κ1) is 19.6. The zero-order valence-electron chi connectivity index (χ0n) is 14.2. The number of hydrogen-bond acceptors (Lipinski definition) is 3. The molecule has 0 spiro atoms. The number of thioether (sulfide) groups is 1. The number of hydrogen-bond donors (Lipinski definition) is 1. The average molecular weight is 411 g/mol. The Hall–Kier alpha value is -2.12. The van der Waals surface area contributed by atoms with Crippen molar-refractivity contribution in [2.24, 2.45) is 5.92 Å². The highest BCUT2D eigenvalue weighted by atomic mass is 35.5. The molecule has 3 rings (SSSR count). The van der Waals surface area contributed by atoms with Crippen LogP contribution in [0.25, 0.3) is 0 Å². The van der Waals surface area contributed by atoms with Gasteiger partial charge in [-0.05, 0) is 36.4 Å². The van der Waals surface area contributed by atoms with Crippen molar-refractivity contribution in [1.29, 1.82) is 0 Å². The second kappa shape index (κ2) is 8.71. The van der Waals surface area contributed by atoms with Gasteiger partial charge in [0.05, 0.1) is 5.56 Å². The average Bonchev–Trinajstić information content (AvgIpc) is 3.01. The van der Waals surface area contributed by atoms with Crippen molar-refractivity contribution in [2.45, 2.75) is 17.1 Å². The summed E-state index contributed by atoms with van der Waals surface area (Å²) in [4.78, 5) is 26.5. The molecule has 1 heterocycles. The number of rotatable bonds is 6. The van der Waals surface area contributed by atoms with E-state index in [9.17, 15) is 18.4 Å². The Bertz CT molecular complexity index is 833. The van der Waals surface area contributed by atoms with Gasteiger partial charge in [-0.1, -0.05) is 35.5 Å². The van der Waals surface area contributed by atoms with Crippen LogP contribution < -0.4 is 10.2 Å². The molecule has 1 fully saturated rings. The van der Waals surface area contributed by atoms with E-state index in [4.69, 9.17) is 11.6 Å². The van der Waals surface area contributed by atoms with Gasteiger partial charge in [-0.25, -0.2) is 0 Å². The summed E-state index contributed by atoms with van der Waals surface area (Å²) in [6, 6.07) is 13.2. The summed E-state index contributed by atoms with van der Waals surface area (Å²) >= 11 is 6.21. The van der Waals surface area contributed by atoms with Crippen molar-refractivity contribution >= 4 is 40.9 Å². The van der Waals surface area contributed by atoms with Crippen molar-refractivity contribution < 1.29 is 18.4 Å². The van der Waals surface area contributed by atoms with Crippen LogP contribution in [0, 0.1) is 5.92 Å². The SMILES string of the molecule is O=C(NCC1CC(=O)N(c2ccc(Cl)cc2)C1)c1ccccc1SC(F)F. The topological polar surface area (TPSA) is 49.4 Å². The first-order valence-electron chi connectivity index (χ1n) is 8.32. The van der Waals surface area contributed by atoms with Crippen molar-refractivity contribution in [3.8, 4) is 0 Å². The summed E-state index contributed by atoms with van der Waals surface area (Å²) in [5.41, 5.74) is 0.971. The van der Waals surface area contributed by atoms with Gasteiger partial charge in [0.15, 0.2) is 0 Å². The molecule has 1 unspecified atom stereocenters. The fraction of sp³-hybridized carbons (Fsp3) is 0.263. The van der Waals surface area contributed by atoms with E-state index in [2.05, 4.69) is 5.32 Å². The summed E-state index contributed by atoms with van der Waals surface area (Å²) in [6.07, 6.45) is 0.316. The minimum Gasteiger partial charge on any atom is -0.352 e. The van der Waals surface area contributed by atoms with Crippen molar-refractivity contribution in [1.82, 2.24) is 5.32 Å². The number of nitrogens with one attached hydrogen (secondary N) is 1. The van der Waals surface area contributed by atoms with E-state index in [1.807, 2.05) is 0 Å². The zero-order chi connectivity index (χ0) is 19.4. The van der Waals surface area contributed by atoms with Crippen LogP contribution in [-0.4, -0.2) is 30.7 Å². The predicted octanol–water partition coefficient (Wildman–Crippen LogP) is 4.44. The first-order valence-corrected chi connectivity index (χ1v) is 9.58. The van der Waals surface area contributed by atoms with Gasteiger partial charge in [-0.2, -0.15) is 8.78 Å². The van der Waals surface area contributed by atoms with E-state index < -0.39 is 11.7 Å². The van der Waals surface area contributed by atoms with Crippen LogP contribution >= 0.6 is 23.4 Å². The third-order valence-corrected chi connectivity index (χ3v) is 5.28. The molecule has 1 saturated heterocycles. The second-order valence-electron chi connectivity index (χ2n) is 6.14. The Morgan fingerprint density at radius 2 is 1.93 bits per heavy atom. The highest BCUT2D eigenvalue weighted by molar-refractivity contribution is 7.99. The van der Waals surface area contributed by atoms with Crippen molar-refractivity contribution in [2.75, 3.05) is 18.0 Å². The van der Waals surface area contributed by atoms with Gasteiger partial charge in [0.25, 0.3) is 11.7 Å². The minimum atomic E-state index is -2.60. The summed E-state index contributed by atoms with van der Waals surface area (Å²) in [5.74, 6) is -3.09. The quantitative estimate of drug-likeness (QED) is 0.716. The fourth-order valence-corrected chi connectivity index (χ4v) is 3.74. The fourth-order valence-electron chi connectivity index (χ4n) is 2.97. The molecule has 27 heavy (non-hydrogen) atoms. The highest BCUT2D eigenvalue weighted by Crippen LogP contribution is 2.29. The van der Waals surface area contributed by atoms with Crippen LogP contribution in [0.15, 0.2) is 53.4 Å². The first-order chi connectivity index (χ1) is 12.9.